The maximum Gasteiger partial charge on any atom is 0.350 e. The smallest absolute Gasteiger partial charge is 0.350 e. The van der Waals surface area contributed by atoms with E-state index in [0.717, 1.165) is 16.5 Å². The highest BCUT2D eigenvalue weighted by atomic mass is 127. The number of para-hydroxylation sites is 1. The van der Waals surface area contributed by atoms with Gasteiger partial charge >= 0.3 is 5.97 Å². The van der Waals surface area contributed by atoms with Gasteiger partial charge in [-0.2, -0.15) is 0 Å². The second kappa shape index (κ2) is 11.7. The number of hydrogen-bond acceptors (Lipinski definition) is 7. The maximum atomic E-state index is 12.0. The Kier molecular flexibility index (Phi) is 9.37. The quantitative estimate of drug-likeness (QED) is 0.200. The van der Waals surface area contributed by atoms with Crippen molar-refractivity contribution in [2.24, 2.45) is 4.99 Å². The third-order valence-corrected chi connectivity index (χ3v) is 5.61. The maximum absolute atomic E-state index is 12.0. The summed E-state index contributed by atoms with van der Waals surface area (Å²) in [5.41, 5.74) is 1.65. The molecule has 2 N–H and O–H groups in total. The van der Waals surface area contributed by atoms with Crippen LogP contribution < -0.4 is 10.6 Å². The Morgan fingerprint density at radius 2 is 2.06 bits per heavy atom. The van der Waals surface area contributed by atoms with E-state index >= 15 is 0 Å². The number of hydrogen-bond donors (Lipinski definition) is 2. The Morgan fingerprint density at radius 3 is 2.74 bits per heavy atom. The standard InChI is InChI=1S/C20H25N7O2S.HI/c1-5-29-19(28)17-13(2)24-18(30-17)14(3)25-20(21-4)22-11-16-26-23-12-27(16)15-9-7-6-8-10-15;/h6-10,12,14H,5,11H2,1-4H3,(H2,21,22,25);1H. The highest BCUT2D eigenvalue weighted by Crippen LogP contribution is 2.24. The Hall–Kier alpha value is -2.54. The summed E-state index contributed by atoms with van der Waals surface area (Å²) in [6.45, 7) is 6.33. The van der Waals surface area contributed by atoms with Gasteiger partial charge in [-0.15, -0.1) is 45.5 Å². The summed E-state index contributed by atoms with van der Waals surface area (Å²) in [4.78, 5) is 21.3. The van der Waals surface area contributed by atoms with E-state index in [1.807, 2.05) is 48.7 Å². The van der Waals surface area contributed by atoms with Gasteiger partial charge in [-0.3, -0.25) is 9.56 Å². The van der Waals surface area contributed by atoms with Crippen LogP contribution in [0, 0.1) is 6.92 Å². The van der Waals surface area contributed by atoms with Crippen molar-refractivity contribution in [3.63, 3.8) is 0 Å². The van der Waals surface area contributed by atoms with E-state index in [2.05, 4.69) is 30.8 Å². The SMILES string of the molecule is CCOC(=O)c1sc(C(C)NC(=NC)NCc2nncn2-c2ccccc2)nc1C.I. The van der Waals surface area contributed by atoms with Gasteiger partial charge < -0.3 is 15.4 Å². The predicted molar refractivity (Wildman–Crippen MR) is 131 cm³/mol. The molecule has 9 nitrogen and oxygen atoms in total. The number of aromatic nitrogens is 4. The van der Waals surface area contributed by atoms with E-state index in [1.165, 1.54) is 11.3 Å². The Morgan fingerprint density at radius 1 is 1.32 bits per heavy atom. The molecule has 2 aromatic heterocycles. The van der Waals surface area contributed by atoms with Crippen LogP contribution >= 0.6 is 35.3 Å². The molecule has 3 rings (SSSR count). The minimum atomic E-state index is -0.339. The van der Waals surface area contributed by atoms with Crippen LogP contribution in [0.4, 0.5) is 0 Å². The van der Waals surface area contributed by atoms with Crippen LogP contribution in [0.3, 0.4) is 0 Å². The van der Waals surface area contributed by atoms with Crippen LogP contribution in [0.15, 0.2) is 41.7 Å². The van der Waals surface area contributed by atoms with E-state index in [9.17, 15) is 4.79 Å². The molecular formula is C20H26IN7O2S. The van der Waals surface area contributed by atoms with Gasteiger partial charge in [0.1, 0.15) is 16.2 Å². The summed E-state index contributed by atoms with van der Waals surface area (Å²) in [6, 6.07) is 9.74. The van der Waals surface area contributed by atoms with Crippen molar-refractivity contribution < 1.29 is 9.53 Å². The Bertz CT molecular complexity index is 1020. The summed E-state index contributed by atoms with van der Waals surface area (Å²) >= 11 is 1.33. The average Bonchev–Trinajstić information content (AvgIpc) is 3.38. The van der Waals surface area contributed by atoms with Crippen LogP contribution in [0.1, 0.15) is 46.1 Å². The van der Waals surface area contributed by atoms with Gasteiger partial charge in [0.25, 0.3) is 0 Å². The number of thiazole rings is 1. The molecule has 0 amide bonds. The van der Waals surface area contributed by atoms with Crippen molar-refractivity contribution in [2.45, 2.75) is 33.4 Å². The number of ether oxygens (including phenoxy) is 1. The summed E-state index contributed by atoms with van der Waals surface area (Å²) in [7, 11) is 1.70. The number of carbonyl (C=O) groups excluding carboxylic acids is 1. The first-order valence-electron chi connectivity index (χ1n) is 9.59. The third kappa shape index (κ3) is 6.23. The van der Waals surface area contributed by atoms with Gasteiger partial charge in [-0.25, -0.2) is 9.78 Å². The van der Waals surface area contributed by atoms with Crippen LogP contribution in [0.5, 0.6) is 0 Å². The fraction of sp³-hybridized carbons (Fsp3) is 0.350. The Balaban J connectivity index is 0.00000341. The summed E-state index contributed by atoms with van der Waals surface area (Å²) in [5.74, 6) is 1.01. The predicted octanol–water partition coefficient (Wildman–Crippen LogP) is 3.25. The molecule has 0 spiro atoms. The van der Waals surface area contributed by atoms with Gasteiger partial charge in [-0.1, -0.05) is 18.2 Å². The number of esters is 1. The highest BCUT2D eigenvalue weighted by Gasteiger charge is 2.20. The van der Waals surface area contributed by atoms with Gasteiger partial charge in [0.2, 0.25) is 0 Å². The van der Waals surface area contributed by atoms with E-state index in [4.69, 9.17) is 4.74 Å². The second-order valence-electron chi connectivity index (χ2n) is 6.43. The lowest BCUT2D eigenvalue weighted by atomic mass is 10.3. The molecule has 1 atom stereocenters. The zero-order valence-electron chi connectivity index (χ0n) is 17.8. The number of nitrogens with one attached hydrogen (secondary N) is 2. The molecule has 31 heavy (non-hydrogen) atoms. The lowest BCUT2D eigenvalue weighted by molar-refractivity contribution is 0.0531. The van der Waals surface area contributed by atoms with Gasteiger partial charge in [0.15, 0.2) is 11.8 Å². The molecule has 0 bridgehead atoms. The van der Waals surface area contributed by atoms with Crippen molar-refractivity contribution in [1.82, 2.24) is 30.4 Å². The number of aliphatic imine (C=N–C) groups is 1. The third-order valence-electron chi connectivity index (χ3n) is 4.29. The van der Waals surface area contributed by atoms with Crippen molar-refractivity contribution in [2.75, 3.05) is 13.7 Å². The molecule has 0 saturated heterocycles. The number of rotatable bonds is 7. The van der Waals surface area contributed by atoms with Crippen LogP contribution in [0.25, 0.3) is 5.69 Å². The fourth-order valence-electron chi connectivity index (χ4n) is 2.80. The molecule has 0 aliphatic carbocycles. The minimum Gasteiger partial charge on any atom is -0.462 e. The molecule has 0 aliphatic rings. The van der Waals surface area contributed by atoms with Gasteiger partial charge in [-0.05, 0) is 32.9 Å². The number of carbonyl (C=O) groups is 1. The number of halogens is 1. The number of nitrogens with zero attached hydrogens (tertiary/aromatic N) is 5. The first-order chi connectivity index (χ1) is 14.5. The minimum absolute atomic E-state index is 0. The topological polar surface area (TPSA) is 106 Å². The summed E-state index contributed by atoms with van der Waals surface area (Å²) < 4.78 is 7.01. The molecular weight excluding hydrogens is 529 g/mol. The molecule has 1 aromatic carbocycles. The molecule has 0 fully saturated rings. The molecule has 166 valence electrons. The number of aryl methyl sites for hydroxylation is 1. The number of benzene rings is 1. The van der Waals surface area contributed by atoms with Crippen molar-refractivity contribution in [3.8, 4) is 5.69 Å². The average molecular weight is 555 g/mol. The van der Waals surface area contributed by atoms with Crippen LogP contribution in [-0.4, -0.2) is 45.3 Å². The lowest BCUT2D eigenvalue weighted by Gasteiger charge is -2.16. The first kappa shape index (κ1) is 24.7. The van der Waals surface area contributed by atoms with Gasteiger partial charge in [0.05, 0.1) is 24.9 Å². The zero-order chi connectivity index (χ0) is 21.5. The molecule has 2 heterocycles. The van der Waals surface area contributed by atoms with Crippen molar-refractivity contribution >= 4 is 47.2 Å². The highest BCUT2D eigenvalue weighted by molar-refractivity contribution is 14.0. The second-order valence-corrected chi connectivity index (χ2v) is 7.46. The number of guanidine groups is 1. The molecule has 3 aromatic rings. The largest absolute Gasteiger partial charge is 0.462 e. The van der Waals surface area contributed by atoms with E-state index in [-0.39, 0.29) is 36.0 Å². The van der Waals surface area contributed by atoms with Crippen molar-refractivity contribution in [3.05, 3.63) is 58.1 Å². The van der Waals surface area contributed by atoms with Gasteiger partial charge in [0, 0.05) is 12.7 Å². The van der Waals surface area contributed by atoms with Crippen LogP contribution in [-0.2, 0) is 11.3 Å². The molecule has 0 radical (unpaired) electrons. The zero-order valence-corrected chi connectivity index (χ0v) is 21.0. The Labute approximate surface area is 202 Å². The summed E-state index contributed by atoms with van der Waals surface area (Å²) in [5, 5.41) is 15.5. The monoisotopic (exact) mass is 555 g/mol. The van der Waals surface area contributed by atoms with E-state index in [1.54, 1.807) is 20.3 Å². The molecule has 0 aliphatic heterocycles. The molecule has 0 saturated carbocycles. The normalized spacial score (nSPS) is 12.1. The van der Waals surface area contributed by atoms with Crippen molar-refractivity contribution in [1.29, 1.82) is 0 Å². The molecule has 11 heteroatoms. The fourth-order valence-corrected chi connectivity index (χ4v) is 3.76. The first-order valence-corrected chi connectivity index (χ1v) is 10.4. The van der Waals surface area contributed by atoms with Crippen LogP contribution in [0.2, 0.25) is 0 Å². The molecule has 1 unspecified atom stereocenters. The van der Waals surface area contributed by atoms with E-state index in [0.29, 0.717) is 29.7 Å². The van der Waals surface area contributed by atoms with E-state index < -0.39 is 0 Å². The summed E-state index contributed by atoms with van der Waals surface area (Å²) in [6.07, 6.45) is 1.68. The lowest BCUT2D eigenvalue weighted by Crippen LogP contribution is -2.38.